The fourth-order valence-corrected chi connectivity index (χ4v) is 1.23. The normalized spacial score (nSPS) is 9.06. The Balaban J connectivity index is 3.00. The van der Waals surface area contributed by atoms with Crippen molar-refractivity contribution in [2.45, 2.75) is 13.3 Å². The lowest BCUT2D eigenvalue weighted by molar-refractivity contribution is -0.139. The Morgan fingerprint density at radius 2 is 2.12 bits per heavy atom. The highest BCUT2D eigenvalue weighted by atomic mass is 16.5. The molecule has 0 unspecified atom stereocenters. The van der Waals surface area contributed by atoms with Crippen LogP contribution in [0.4, 0.5) is 0 Å². The number of carboxylic acids is 1. The molecule has 1 rings (SSSR count). The Hall–Kier alpha value is -2.28. The Labute approximate surface area is 99.2 Å². The van der Waals surface area contributed by atoms with Crippen molar-refractivity contribution in [3.05, 3.63) is 34.9 Å². The van der Waals surface area contributed by atoms with Gasteiger partial charge in [-0.05, 0) is 24.6 Å². The molecule has 1 aromatic rings. The van der Waals surface area contributed by atoms with Crippen molar-refractivity contribution in [1.29, 1.82) is 0 Å². The van der Waals surface area contributed by atoms with Gasteiger partial charge in [0.1, 0.15) is 6.42 Å². The van der Waals surface area contributed by atoms with E-state index in [9.17, 15) is 9.59 Å². The molecule has 0 aliphatic carbocycles. The summed E-state index contributed by atoms with van der Waals surface area (Å²) in [4.78, 5) is 21.8. The molecule has 0 aromatic heterocycles. The van der Waals surface area contributed by atoms with Gasteiger partial charge in [0.25, 0.3) is 0 Å². The molecule has 0 radical (unpaired) electrons. The maximum atomic E-state index is 10.9. The second-order valence-electron chi connectivity index (χ2n) is 3.41. The van der Waals surface area contributed by atoms with Crippen LogP contribution in [-0.2, 0) is 9.53 Å². The number of hydrogen-bond acceptors (Lipinski definition) is 3. The smallest absolute Gasteiger partial charge is 0.336 e. The summed E-state index contributed by atoms with van der Waals surface area (Å²) in [5.41, 5.74) is 1.45. The Kier molecular flexibility index (Phi) is 4.29. The van der Waals surface area contributed by atoms with E-state index < -0.39 is 11.9 Å². The molecule has 0 aliphatic heterocycles. The standard InChI is InChI=1S/C13H12O4/c1-9-6-7-11(13(15)16)10(8-9)4-3-5-12(14)17-2/h6-8H,5H2,1-2H3,(H,15,16). The lowest BCUT2D eigenvalue weighted by Crippen LogP contribution is -2.01. The highest BCUT2D eigenvalue weighted by Crippen LogP contribution is 2.10. The van der Waals surface area contributed by atoms with Crippen LogP contribution >= 0.6 is 0 Å². The Morgan fingerprint density at radius 3 is 2.71 bits per heavy atom. The molecule has 4 nitrogen and oxygen atoms in total. The third kappa shape index (κ3) is 3.65. The van der Waals surface area contributed by atoms with Crippen LogP contribution in [0.15, 0.2) is 18.2 Å². The van der Waals surface area contributed by atoms with Crippen LogP contribution in [0, 0.1) is 18.8 Å². The van der Waals surface area contributed by atoms with Gasteiger partial charge in [-0.25, -0.2) is 4.79 Å². The molecule has 0 fully saturated rings. The second-order valence-corrected chi connectivity index (χ2v) is 3.41. The van der Waals surface area contributed by atoms with Gasteiger partial charge in [0.05, 0.1) is 12.7 Å². The van der Waals surface area contributed by atoms with E-state index in [0.29, 0.717) is 5.56 Å². The zero-order chi connectivity index (χ0) is 12.8. The van der Waals surface area contributed by atoms with E-state index in [1.165, 1.54) is 13.2 Å². The summed E-state index contributed by atoms with van der Waals surface area (Å²) in [7, 11) is 1.28. The van der Waals surface area contributed by atoms with E-state index >= 15 is 0 Å². The third-order valence-electron chi connectivity index (χ3n) is 2.09. The van der Waals surface area contributed by atoms with Gasteiger partial charge >= 0.3 is 11.9 Å². The lowest BCUT2D eigenvalue weighted by Gasteiger charge is -2.00. The van der Waals surface area contributed by atoms with E-state index in [-0.39, 0.29) is 12.0 Å². The minimum Gasteiger partial charge on any atom is -0.478 e. The number of carbonyl (C=O) groups excluding carboxylic acids is 1. The maximum Gasteiger partial charge on any atom is 0.336 e. The summed E-state index contributed by atoms with van der Waals surface area (Å²) in [6, 6.07) is 4.88. The first kappa shape index (κ1) is 12.8. The highest BCUT2D eigenvalue weighted by molar-refractivity contribution is 5.91. The fourth-order valence-electron chi connectivity index (χ4n) is 1.23. The van der Waals surface area contributed by atoms with E-state index in [2.05, 4.69) is 16.6 Å². The van der Waals surface area contributed by atoms with Gasteiger partial charge < -0.3 is 9.84 Å². The quantitative estimate of drug-likeness (QED) is 0.621. The molecule has 4 heteroatoms. The van der Waals surface area contributed by atoms with Crippen LogP contribution in [0.5, 0.6) is 0 Å². The first-order valence-corrected chi connectivity index (χ1v) is 4.94. The van der Waals surface area contributed by atoms with E-state index in [1.54, 1.807) is 12.1 Å². The van der Waals surface area contributed by atoms with Gasteiger partial charge in [-0.3, -0.25) is 4.79 Å². The number of carbonyl (C=O) groups is 2. The van der Waals surface area contributed by atoms with Gasteiger partial charge in [-0.15, -0.1) is 0 Å². The number of ether oxygens (including phenoxy) is 1. The van der Waals surface area contributed by atoms with E-state index in [0.717, 1.165) is 5.56 Å². The van der Waals surface area contributed by atoms with Gasteiger partial charge in [0, 0.05) is 5.56 Å². The topological polar surface area (TPSA) is 63.6 Å². The first-order valence-electron chi connectivity index (χ1n) is 4.94. The number of esters is 1. The molecule has 0 bridgehead atoms. The monoisotopic (exact) mass is 232 g/mol. The van der Waals surface area contributed by atoms with Gasteiger partial charge in [-0.2, -0.15) is 0 Å². The van der Waals surface area contributed by atoms with Crippen LogP contribution in [0.2, 0.25) is 0 Å². The average molecular weight is 232 g/mol. The van der Waals surface area contributed by atoms with E-state index in [4.69, 9.17) is 5.11 Å². The molecular weight excluding hydrogens is 220 g/mol. The molecule has 0 amide bonds. The minimum absolute atomic E-state index is 0.0521. The Morgan fingerprint density at radius 1 is 1.41 bits per heavy atom. The van der Waals surface area contributed by atoms with Crippen molar-refractivity contribution in [2.75, 3.05) is 7.11 Å². The van der Waals surface area contributed by atoms with Crippen molar-refractivity contribution in [1.82, 2.24) is 0 Å². The summed E-state index contributed by atoms with van der Waals surface area (Å²) >= 11 is 0. The number of aryl methyl sites for hydroxylation is 1. The molecular formula is C13H12O4. The summed E-state index contributed by atoms with van der Waals surface area (Å²) in [6.07, 6.45) is -0.0521. The molecule has 0 heterocycles. The van der Waals surface area contributed by atoms with Crippen molar-refractivity contribution in [3.63, 3.8) is 0 Å². The lowest BCUT2D eigenvalue weighted by atomic mass is 10.0. The number of methoxy groups -OCH3 is 1. The average Bonchev–Trinajstić information content (AvgIpc) is 2.28. The molecule has 0 saturated carbocycles. The zero-order valence-electron chi connectivity index (χ0n) is 9.61. The number of rotatable bonds is 2. The van der Waals surface area contributed by atoms with Crippen molar-refractivity contribution >= 4 is 11.9 Å². The van der Waals surface area contributed by atoms with Gasteiger partial charge in [0.2, 0.25) is 0 Å². The predicted molar refractivity (Wildman–Crippen MR) is 61.6 cm³/mol. The van der Waals surface area contributed by atoms with Crippen LogP contribution < -0.4 is 0 Å². The summed E-state index contributed by atoms with van der Waals surface area (Å²) in [5, 5.41) is 8.95. The molecule has 0 aliphatic rings. The number of hydrogen-bond donors (Lipinski definition) is 1. The number of benzene rings is 1. The SMILES string of the molecule is COC(=O)CC#Cc1cc(C)ccc1C(=O)O. The van der Waals surface area contributed by atoms with E-state index in [1.807, 2.05) is 6.92 Å². The summed E-state index contributed by atoms with van der Waals surface area (Å²) in [6.45, 7) is 1.84. The second kappa shape index (κ2) is 5.71. The first-order chi connectivity index (χ1) is 8.04. The molecule has 1 N–H and O–H groups in total. The van der Waals surface area contributed by atoms with Crippen molar-refractivity contribution in [3.8, 4) is 11.8 Å². The maximum absolute atomic E-state index is 10.9. The van der Waals surface area contributed by atoms with Crippen molar-refractivity contribution in [2.24, 2.45) is 0 Å². The predicted octanol–water partition coefficient (Wildman–Crippen LogP) is 1.61. The van der Waals surface area contributed by atoms with Gasteiger partial charge in [-0.1, -0.05) is 17.9 Å². The van der Waals surface area contributed by atoms with Crippen molar-refractivity contribution < 1.29 is 19.4 Å². The third-order valence-corrected chi connectivity index (χ3v) is 2.09. The zero-order valence-corrected chi connectivity index (χ0v) is 9.61. The van der Waals surface area contributed by atoms with Crippen LogP contribution in [0.3, 0.4) is 0 Å². The molecule has 0 atom stereocenters. The molecule has 0 spiro atoms. The van der Waals surface area contributed by atoms with Gasteiger partial charge in [0.15, 0.2) is 0 Å². The molecule has 88 valence electrons. The Bertz CT molecular complexity index is 506. The van der Waals surface area contributed by atoms with Crippen LogP contribution in [0.25, 0.3) is 0 Å². The minimum atomic E-state index is -1.03. The molecule has 17 heavy (non-hydrogen) atoms. The largest absolute Gasteiger partial charge is 0.478 e. The fraction of sp³-hybridized carbons (Fsp3) is 0.231. The highest BCUT2D eigenvalue weighted by Gasteiger charge is 2.07. The number of carboxylic acid groups (broad SMARTS) is 1. The summed E-state index contributed by atoms with van der Waals surface area (Å²) < 4.78 is 4.43. The molecule has 1 aromatic carbocycles. The van der Waals surface area contributed by atoms with Crippen LogP contribution in [-0.4, -0.2) is 24.2 Å². The summed E-state index contributed by atoms with van der Waals surface area (Å²) in [5.74, 6) is 3.78. The molecule has 0 saturated heterocycles. The van der Waals surface area contributed by atoms with Crippen LogP contribution in [0.1, 0.15) is 27.9 Å². The number of aromatic carboxylic acids is 1.